The molecule has 2 amide bonds. The molecule has 0 bridgehead atoms. The molecule has 0 radical (unpaired) electrons. The van der Waals surface area contributed by atoms with Crippen molar-refractivity contribution in [2.75, 3.05) is 43.9 Å². The smallest absolute Gasteiger partial charge is 0.416 e. The number of morpholine rings is 1. The molecule has 0 spiro atoms. The van der Waals surface area contributed by atoms with E-state index in [1.165, 1.54) is 12.1 Å². The summed E-state index contributed by atoms with van der Waals surface area (Å²) in [4.78, 5) is 43.2. The van der Waals surface area contributed by atoms with E-state index in [1.807, 2.05) is 4.90 Å². The predicted molar refractivity (Wildman–Crippen MR) is 162 cm³/mol. The molecule has 2 atom stereocenters. The second kappa shape index (κ2) is 12.2. The quantitative estimate of drug-likeness (QED) is 0.307. The number of fused-ring (bicyclic) bond motifs is 2. The Morgan fingerprint density at radius 3 is 2.72 bits per heavy atom. The van der Waals surface area contributed by atoms with Crippen molar-refractivity contribution < 1.29 is 32.2 Å². The van der Waals surface area contributed by atoms with E-state index in [-0.39, 0.29) is 41.8 Å². The van der Waals surface area contributed by atoms with Gasteiger partial charge in [0.05, 0.1) is 37.9 Å². The topological polar surface area (TPSA) is 140 Å². The normalized spacial score (nSPS) is 19.0. The van der Waals surface area contributed by atoms with Crippen LogP contribution in [0, 0.1) is 0 Å². The largest absolute Gasteiger partial charge is 0.493 e. The molecule has 12 nitrogen and oxygen atoms in total. The van der Waals surface area contributed by atoms with Crippen molar-refractivity contribution in [1.82, 2.24) is 29.2 Å². The fraction of sp³-hybridized carbons (Fsp3) is 0.387. The molecular formula is C31H33F3N8O4. The molecule has 5 heterocycles. The average molecular weight is 639 g/mol. The van der Waals surface area contributed by atoms with Gasteiger partial charge in [0.1, 0.15) is 40.5 Å². The first-order valence-corrected chi connectivity index (χ1v) is 14.8. The van der Waals surface area contributed by atoms with Crippen LogP contribution in [0.15, 0.2) is 48.9 Å². The molecule has 0 unspecified atom stereocenters. The van der Waals surface area contributed by atoms with E-state index < -0.39 is 23.8 Å². The minimum Gasteiger partial charge on any atom is -0.493 e. The summed E-state index contributed by atoms with van der Waals surface area (Å²) in [6.07, 6.45) is -0.888. The number of piperazine rings is 1. The number of hydrogen-bond acceptors (Lipinski definition) is 9. The molecule has 3 aromatic heterocycles. The maximum absolute atomic E-state index is 13.2. The van der Waals surface area contributed by atoms with Gasteiger partial charge >= 0.3 is 6.18 Å². The van der Waals surface area contributed by atoms with Crippen molar-refractivity contribution in [3.8, 4) is 17.0 Å². The van der Waals surface area contributed by atoms with Crippen LogP contribution >= 0.6 is 0 Å². The number of benzene rings is 1. The Hall–Kier alpha value is -4.76. The third kappa shape index (κ3) is 5.95. The molecule has 2 aliphatic heterocycles. The average Bonchev–Trinajstić information content (AvgIpc) is 3.41. The van der Waals surface area contributed by atoms with Gasteiger partial charge in [-0.3, -0.25) is 18.9 Å². The van der Waals surface area contributed by atoms with Crippen LogP contribution in [0.2, 0.25) is 0 Å². The van der Waals surface area contributed by atoms with Crippen molar-refractivity contribution >= 4 is 29.0 Å². The number of halogens is 3. The number of aromatic nitrogens is 4. The number of carbonyl (C=O) groups excluding carboxylic acids is 2. The number of anilines is 2. The van der Waals surface area contributed by atoms with Crippen LogP contribution in [0.5, 0.6) is 5.75 Å². The number of amides is 2. The zero-order chi connectivity index (χ0) is 32.7. The zero-order valence-corrected chi connectivity index (χ0v) is 25.4. The maximum atomic E-state index is 13.2. The van der Waals surface area contributed by atoms with Crippen LogP contribution in [0.3, 0.4) is 0 Å². The fourth-order valence-electron chi connectivity index (χ4n) is 5.80. The number of nitrogens with zero attached hydrogens (tertiary/aromatic N) is 6. The van der Waals surface area contributed by atoms with Gasteiger partial charge in [0.15, 0.2) is 0 Å². The number of nitrogen functional groups attached to an aromatic ring is 1. The first-order valence-electron chi connectivity index (χ1n) is 14.8. The van der Waals surface area contributed by atoms with Gasteiger partial charge in [0.2, 0.25) is 5.91 Å². The number of ether oxygens (including phenoxy) is 2. The predicted octanol–water partition coefficient (Wildman–Crippen LogP) is 4.04. The Morgan fingerprint density at radius 1 is 1.17 bits per heavy atom. The minimum atomic E-state index is -4.59. The Balaban J connectivity index is 1.33. The molecular weight excluding hydrogens is 605 g/mol. The number of hydrogen-bond donors (Lipinski definition) is 2. The van der Waals surface area contributed by atoms with Crippen LogP contribution in [0.4, 0.5) is 24.8 Å². The van der Waals surface area contributed by atoms with Crippen LogP contribution in [0.25, 0.3) is 16.8 Å². The lowest BCUT2D eigenvalue weighted by molar-refractivity contribution is -0.157. The number of carbonyl (C=O) groups is 2. The lowest BCUT2D eigenvalue weighted by Gasteiger charge is -2.46. The van der Waals surface area contributed by atoms with Gasteiger partial charge in [0.25, 0.3) is 5.91 Å². The highest BCUT2D eigenvalue weighted by Gasteiger charge is 2.40. The highest BCUT2D eigenvalue weighted by atomic mass is 19.4. The van der Waals surface area contributed by atoms with E-state index in [0.717, 1.165) is 24.9 Å². The van der Waals surface area contributed by atoms with Crippen molar-refractivity contribution in [2.45, 2.75) is 45.1 Å². The molecule has 4 aromatic rings. The molecule has 2 saturated heterocycles. The van der Waals surface area contributed by atoms with Gasteiger partial charge in [-0.15, -0.1) is 0 Å². The molecule has 46 heavy (non-hydrogen) atoms. The van der Waals surface area contributed by atoms with E-state index in [4.69, 9.17) is 20.2 Å². The Kier molecular flexibility index (Phi) is 8.29. The molecule has 2 aliphatic rings. The van der Waals surface area contributed by atoms with Gasteiger partial charge < -0.3 is 25.4 Å². The number of nitrogens with two attached hydrogens (primary N) is 1. The van der Waals surface area contributed by atoms with E-state index in [2.05, 4.69) is 34.0 Å². The minimum absolute atomic E-state index is 0.0355. The standard InChI is InChI=1S/C31H33F3N8O4/c1-4-45-22-11-18(30(44)38-24-12-19(7-8-36-24)31(32,33)34)5-6-21(22)26-27-28(35)37-9-10-41(27)29(39-26)23-14-42-20(16-46-23)13-40(17(2)3)15-25(42)43/h5-12,17,20,23H,4,13-16H2,1-3H3,(H2,35,37)(H,36,38,44)/t20-,23-/m1/s1. The molecule has 1 aromatic carbocycles. The van der Waals surface area contributed by atoms with Crippen LogP contribution in [0.1, 0.15) is 48.6 Å². The lowest BCUT2D eigenvalue weighted by Crippen LogP contribution is -2.62. The van der Waals surface area contributed by atoms with Gasteiger partial charge in [-0.05, 0) is 51.1 Å². The van der Waals surface area contributed by atoms with Crippen molar-refractivity contribution in [1.29, 1.82) is 0 Å². The second-order valence-electron chi connectivity index (χ2n) is 11.4. The van der Waals surface area contributed by atoms with E-state index >= 15 is 0 Å². The second-order valence-corrected chi connectivity index (χ2v) is 11.4. The third-order valence-electron chi connectivity index (χ3n) is 8.15. The lowest BCUT2D eigenvalue weighted by atomic mass is 10.1. The number of nitrogens with one attached hydrogen (secondary N) is 1. The van der Waals surface area contributed by atoms with Gasteiger partial charge in [0, 0.05) is 42.3 Å². The summed E-state index contributed by atoms with van der Waals surface area (Å²) in [6.45, 7) is 7.88. The van der Waals surface area contributed by atoms with E-state index in [0.29, 0.717) is 48.0 Å². The molecule has 2 fully saturated rings. The van der Waals surface area contributed by atoms with E-state index in [9.17, 15) is 22.8 Å². The number of pyridine rings is 1. The van der Waals surface area contributed by atoms with Crippen molar-refractivity contribution in [2.24, 2.45) is 0 Å². The monoisotopic (exact) mass is 638 g/mol. The number of rotatable bonds is 7. The molecule has 0 aliphatic carbocycles. The summed E-state index contributed by atoms with van der Waals surface area (Å²) in [6, 6.07) is 6.38. The zero-order valence-electron chi connectivity index (χ0n) is 25.4. The summed E-state index contributed by atoms with van der Waals surface area (Å²) in [7, 11) is 0. The SMILES string of the molecule is CCOc1cc(C(=O)Nc2cc(C(F)(F)F)ccn2)ccc1-c1nc([C@H]2CN3C(=O)CN(C(C)C)C[C@@H]3CO2)n2ccnc(N)c12. The van der Waals surface area contributed by atoms with Gasteiger partial charge in [-0.2, -0.15) is 13.2 Å². The maximum Gasteiger partial charge on any atom is 0.416 e. The summed E-state index contributed by atoms with van der Waals surface area (Å²) < 4.78 is 53.5. The van der Waals surface area contributed by atoms with Crippen LogP contribution in [-0.2, 0) is 15.7 Å². The van der Waals surface area contributed by atoms with E-state index in [1.54, 1.807) is 29.8 Å². The Morgan fingerprint density at radius 2 is 1.98 bits per heavy atom. The van der Waals surface area contributed by atoms with Gasteiger partial charge in [-0.1, -0.05) is 0 Å². The van der Waals surface area contributed by atoms with Crippen molar-refractivity contribution in [3.05, 3.63) is 65.9 Å². The number of imidazole rings is 1. The molecule has 6 rings (SSSR count). The van der Waals surface area contributed by atoms with Crippen LogP contribution in [-0.4, -0.2) is 85.9 Å². The summed E-state index contributed by atoms with van der Waals surface area (Å²) in [5.41, 5.74) is 6.99. The molecule has 3 N–H and O–H groups in total. The molecule has 0 saturated carbocycles. The van der Waals surface area contributed by atoms with Crippen LogP contribution < -0.4 is 15.8 Å². The molecule has 242 valence electrons. The first-order chi connectivity index (χ1) is 21.9. The summed E-state index contributed by atoms with van der Waals surface area (Å²) >= 11 is 0. The fourth-order valence-corrected chi connectivity index (χ4v) is 5.80. The summed E-state index contributed by atoms with van der Waals surface area (Å²) in [5.74, 6) is 0.135. The third-order valence-corrected chi connectivity index (χ3v) is 8.15. The van der Waals surface area contributed by atoms with Gasteiger partial charge in [-0.25, -0.2) is 15.0 Å². The highest BCUT2D eigenvalue weighted by molar-refractivity contribution is 6.04. The highest BCUT2D eigenvalue weighted by Crippen LogP contribution is 2.38. The number of alkyl halides is 3. The Bertz CT molecular complexity index is 1790. The summed E-state index contributed by atoms with van der Waals surface area (Å²) in [5, 5.41) is 2.41. The molecule has 15 heteroatoms. The van der Waals surface area contributed by atoms with Crippen molar-refractivity contribution in [3.63, 3.8) is 0 Å². The first kappa shape index (κ1) is 31.2. The Labute approximate surface area is 262 Å².